The van der Waals surface area contributed by atoms with Crippen molar-refractivity contribution in [2.24, 2.45) is 5.92 Å². The number of carbonyl (C=O) groups is 1. The highest BCUT2D eigenvalue weighted by Crippen LogP contribution is 2.48. The van der Waals surface area contributed by atoms with Gasteiger partial charge in [0.25, 0.3) is 0 Å². The third-order valence-corrected chi connectivity index (χ3v) is 5.70. The predicted molar refractivity (Wildman–Crippen MR) is 95.8 cm³/mol. The molecule has 4 rings (SSSR count). The van der Waals surface area contributed by atoms with Crippen LogP contribution in [0.5, 0.6) is 0 Å². The average molecular weight is 339 g/mol. The van der Waals surface area contributed by atoms with Crippen LogP contribution in [0.1, 0.15) is 23.5 Å². The first kappa shape index (κ1) is 15.3. The quantitative estimate of drug-likeness (QED) is 0.728. The molecule has 2 atom stereocenters. The topological polar surface area (TPSA) is 29.1 Å². The van der Waals surface area contributed by atoms with Crippen LogP contribution in [0.25, 0.3) is 10.1 Å². The minimum Gasteiger partial charge on any atom is -0.356 e. The van der Waals surface area contributed by atoms with Gasteiger partial charge >= 0.3 is 0 Å². The summed E-state index contributed by atoms with van der Waals surface area (Å²) in [5.41, 5.74) is 1.94. The lowest BCUT2D eigenvalue weighted by atomic mass is 10.1. The molecule has 2 aromatic carbocycles. The summed E-state index contributed by atoms with van der Waals surface area (Å²) in [5.74, 6) is -0.209. The molecule has 0 aliphatic heterocycles. The van der Waals surface area contributed by atoms with Crippen LogP contribution in [0.2, 0.25) is 0 Å². The fourth-order valence-corrected chi connectivity index (χ4v) is 4.28. The molecule has 4 heteroatoms. The van der Waals surface area contributed by atoms with Crippen molar-refractivity contribution >= 4 is 27.3 Å². The Balaban J connectivity index is 1.33. The molecule has 1 aliphatic carbocycles. The smallest absolute Gasteiger partial charge is 0.223 e. The van der Waals surface area contributed by atoms with Crippen LogP contribution in [-0.2, 0) is 11.2 Å². The SMILES string of the molecule is O=C(NCCc1csc2ccccc12)C1CC1c1ccccc1F. The van der Waals surface area contributed by atoms with Crippen molar-refractivity contribution < 1.29 is 9.18 Å². The molecule has 2 unspecified atom stereocenters. The molecule has 0 bridgehead atoms. The molecular formula is C20H18FNOS. The van der Waals surface area contributed by atoms with Crippen molar-refractivity contribution in [1.29, 1.82) is 0 Å². The van der Waals surface area contributed by atoms with E-state index < -0.39 is 0 Å². The number of fused-ring (bicyclic) bond motifs is 1. The van der Waals surface area contributed by atoms with Crippen LogP contribution < -0.4 is 5.32 Å². The van der Waals surface area contributed by atoms with Crippen molar-refractivity contribution in [3.8, 4) is 0 Å². The van der Waals surface area contributed by atoms with Gasteiger partial charge in [-0.1, -0.05) is 36.4 Å². The number of carbonyl (C=O) groups excluding carboxylic acids is 1. The van der Waals surface area contributed by atoms with Crippen molar-refractivity contribution in [2.45, 2.75) is 18.8 Å². The van der Waals surface area contributed by atoms with Gasteiger partial charge < -0.3 is 5.32 Å². The summed E-state index contributed by atoms with van der Waals surface area (Å²) in [6, 6.07) is 15.1. The lowest BCUT2D eigenvalue weighted by Crippen LogP contribution is -2.27. The third kappa shape index (κ3) is 2.94. The molecule has 122 valence electrons. The normalized spacial score (nSPS) is 19.4. The summed E-state index contributed by atoms with van der Waals surface area (Å²) in [5, 5.41) is 6.44. The Morgan fingerprint density at radius 2 is 1.96 bits per heavy atom. The fraction of sp³-hybridized carbons (Fsp3) is 0.250. The number of nitrogens with one attached hydrogen (secondary N) is 1. The first-order valence-corrected chi connectivity index (χ1v) is 9.09. The van der Waals surface area contributed by atoms with Gasteiger partial charge in [0.05, 0.1) is 0 Å². The highest BCUT2D eigenvalue weighted by molar-refractivity contribution is 7.17. The minimum absolute atomic E-state index is 0.0353. The minimum atomic E-state index is -0.206. The molecule has 0 radical (unpaired) electrons. The third-order valence-electron chi connectivity index (χ3n) is 4.69. The van der Waals surface area contributed by atoms with E-state index in [-0.39, 0.29) is 23.6 Å². The van der Waals surface area contributed by atoms with Crippen LogP contribution in [0.3, 0.4) is 0 Å². The van der Waals surface area contributed by atoms with E-state index in [9.17, 15) is 9.18 Å². The summed E-state index contributed by atoms with van der Waals surface area (Å²) in [4.78, 5) is 12.3. The molecule has 3 aromatic rings. The molecule has 24 heavy (non-hydrogen) atoms. The maximum Gasteiger partial charge on any atom is 0.223 e. The van der Waals surface area contributed by atoms with Crippen LogP contribution >= 0.6 is 11.3 Å². The Morgan fingerprint density at radius 3 is 2.83 bits per heavy atom. The molecule has 1 aliphatic rings. The van der Waals surface area contributed by atoms with Gasteiger partial charge in [0.2, 0.25) is 5.91 Å². The maximum absolute atomic E-state index is 13.8. The van der Waals surface area contributed by atoms with Crippen LogP contribution in [0, 0.1) is 11.7 Å². The number of amides is 1. The van der Waals surface area contributed by atoms with E-state index in [1.165, 1.54) is 21.7 Å². The summed E-state index contributed by atoms with van der Waals surface area (Å²) in [6.45, 7) is 0.625. The summed E-state index contributed by atoms with van der Waals surface area (Å²) >= 11 is 1.74. The maximum atomic E-state index is 13.8. The van der Waals surface area contributed by atoms with E-state index >= 15 is 0 Å². The number of benzene rings is 2. The molecule has 0 spiro atoms. The number of hydrogen-bond donors (Lipinski definition) is 1. The second-order valence-corrected chi connectivity index (χ2v) is 7.18. The molecule has 1 aromatic heterocycles. The van der Waals surface area contributed by atoms with E-state index in [4.69, 9.17) is 0 Å². The van der Waals surface area contributed by atoms with Crippen molar-refractivity contribution in [3.05, 3.63) is 70.9 Å². The summed E-state index contributed by atoms with van der Waals surface area (Å²) in [7, 11) is 0. The molecule has 1 heterocycles. The zero-order valence-corrected chi connectivity index (χ0v) is 14.0. The Bertz CT molecular complexity index is 888. The zero-order chi connectivity index (χ0) is 16.5. The van der Waals surface area contributed by atoms with Gasteiger partial charge in [0, 0.05) is 17.2 Å². The number of hydrogen-bond acceptors (Lipinski definition) is 2. The lowest BCUT2D eigenvalue weighted by Gasteiger charge is -2.05. The largest absolute Gasteiger partial charge is 0.356 e. The Labute approximate surface area is 144 Å². The first-order chi connectivity index (χ1) is 11.7. The Kier molecular flexibility index (Phi) is 4.07. The van der Waals surface area contributed by atoms with Gasteiger partial charge in [0.15, 0.2) is 0 Å². The first-order valence-electron chi connectivity index (χ1n) is 8.21. The molecule has 1 saturated carbocycles. The van der Waals surface area contributed by atoms with E-state index in [1.807, 2.05) is 18.2 Å². The molecule has 1 amide bonds. The highest BCUT2D eigenvalue weighted by atomic mass is 32.1. The van der Waals surface area contributed by atoms with Gasteiger partial charge in [0.1, 0.15) is 5.82 Å². The second kappa shape index (κ2) is 6.36. The Hall–Kier alpha value is -2.20. The van der Waals surface area contributed by atoms with Crippen LogP contribution in [0.4, 0.5) is 4.39 Å². The zero-order valence-electron chi connectivity index (χ0n) is 13.2. The number of rotatable bonds is 5. The van der Waals surface area contributed by atoms with Gasteiger partial charge in [-0.15, -0.1) is 11.3 Å². The van der Waals surface area contributed by atoms with Crippen LogP contribution in [0.15, 0.2) is 53.9 Å². The van der Waals surface area contributed by atoms with Gasteiger partial charge in [-0.25, -0.2) is 4.39 Å². The lowest BCUT2D eigenvalue weighted by molar-refractivity contribution is -0.122. The second-order valence-electron chi connectivity index (χ2n) is 6.27. The summed E-state index contributed by atoms with van der Waals surface area (Å²) in [6.07, 6.45) is 1.57. The standard InChI is InChI=1S/C20H18FNOS/c21-18-7-3-1-6-15(18)16-11-17(16)20(23)22-10-9-13-12-24-19-8-4-2-5-14(13)19/h1-8,12,16-17H,9-11H2,(H,22,23). The highest BCUT2D eigenvalue weighted by Gasteiger charge is 2.44. The van der Waals surface area contributed by atoms with Crippen molar-refractivity contribution in [1.82, 2.24) is 5.32 Å². The van der Waals surface area contributed by atoms with E-state index in [2.05, 4.69) is 22.8 Å². The Morgan fingerprint density at radius 1 is 1.17 bits per heavy atom. The van der Waals surface area contributed by atoms with E-state index in [0.717, 1.165) is 12.8 Å². The molecule has 2 nitrogen and oxygen atoms in total. The van der Waals surface area contributed by atoms with Crippen LogP contribution in [-0.4, -0.2) is 12.5 Å². The van der Waals surface area contributed by atoms with E-state index in [0.29, 0.717) is 12.1 Å². The fourth-order valence-electron chi connectivity index (χ4n) is 3.28. The van der Waals surface area contributed by atoms with Gasteiger partial charge in [-0.05, 0) is 52.8 Å². The van der Waals surface area contributed by atoms with Gasteiger partial charge in [-0.2, -0.15) is 0 Å². The predicted octanol–water partition coefficient (Wildman–Crippen LogP) is 4.50. The molecule has 1 fully saturated rings. The van der Waals surface area contributed by atoms with Crippen molar-refractivity contribution in [2.75, 3.05) is 6.54 Å². The monoisotopic (exact) mass is 339 g/mol. The summed E-state index contributed by atoms with van der Waals surface area (Å²) < 4.78 is 15.1. The average Bonchev–Trinajstić information content (AvgIpc) is 3.29. The molecule has 1 N–H and O–H groups in total. The number of halogens is 1. The molecule has 0 saturated heterocycles. The number of thiophene rings is 1. The van der Waals surface area contributed by atoms with Gasteiger partial charge in [-0.3, -0.25) is 4.79 Å². The van der Waals surface area contributed by atoms with Crippen molar-refractivity contribution in [3.63, 3.8) is 0 Å². The van der Waals surface area contributed by atoms with E-state index in [1.54, 1.807) is 23.5 Å². The molecular weight excluding hydrogens is 321 g/mol.